The first-order chi connectivity index (χ1) is 14.8. The lowest BCUT2D eigenvalue weighted by atomic mass is 9.62. The molecule has 0 aliphatic heterocycles. The summed E-state index contributed by atoms with van der Waals surface area (Å²) < 4.78 is 12.0. The topological polar surface area (TPSA) is 18.5 Å². The largest absolute Gasteiger partial charge is 0.494 e. The quantitative estimate of drug-likeness (QED) is 0.394. The van der Waals surface area contributed by atoms with E-state index in [0.29, 0.717) is 6.10 Å². The van der Waals surface area contributed by atoms with E-state index < -0.39 is 0 Å². The molecule has 2 nitrogen and oxygen atoms in total. The minimum Gasteiger partial charge on any atom is -0.494 e. The van der Waals surface area contributed by atoms with Gasteiger partial charge in [-0.1, -0.05) is 32.3 Å². The van der Waals surface area contributed by atoms with Crippen LogP contribution >= 0.6 is 0 Å². The van der Waals surface area contributed by atoms with E-state index in [1.807, 2.05) is 0 Å². The number of hydrogen-bond donors (Lipinski definition) is 0. The first kappa shape index (κ1) is 22.2. The number of ether oxygens (including phenoxy) is 2. The molecule has 0 saturated heterocycles. The van der Waals surface area contributed by atoms with Gasteiger partial charge in [-0.05, 0) is 118 Å². The van der Waals surface area contributed by atoms with Gasteiger partial charge in [0.15, 0.2) is 0 Å². The molecule has 2 heteroatoms. The summed E-state index contributed by atoms with van der Waals surface area (Å²) in [6.45, 7) is 6.11. The second-order valence-electron chi connectivity index (χ2n) is 10.3. The Kier molecular flexibility index (Phi) is 8.15. The third-order valence-corrected chi connectivity index (χ3v) is 8.38. The van der Waals surface area contributed by atoms with Gasteiger partial charge in [0, 0.05) is 6.61 Å². The summed E-state index contributed by atoms with van der Waals surface area (Å²) in [5.41, 5.74) is 3.14. The van der Waals surface area contributed by atoms with Crippen molar-refractivity contribution in [1.82, 2.24) is 0 Å². The molecule has 0 bridgehead atoms. The predicted octanol–water partition coefficient (Wildman–Crippen LogP) is 7.37. The minimum atomic E-state index is 0.561. The van der Waals surface area contributed by atoms with Crippen LogP contribution in [0, 0.1) is 23.7 Å². The van der Waals surface area contributed by atoms with E-state index in [9.17, 15) is 0 Å². The van der Waals surface area contributed by atoms with Gasteiger partial charge in [-0.15, -0.1) is 0 Å². The Bertz CT molecular complexity index is 654. The Morgan fingerprint density at radius 1 is 0.800 bits per heavy atom. The van der Waals surface area contributed by atoms with Gasteiger partial charge in [0.05, 0.1) is 12.7 Å². The zero-order valence-electron chi connectivity index (χ0n) is 19.5. The SMILES string of the molecule is CCCCCCOC1CCC2CC(C3CCc4cc(OCC)ccc4C3)CCC2C1. The van der Waals surface area contributed by atoms with Crippen molar-refractivity contribution in [1.29, 1.82) is 0 Å². The first-order valence-corrected chi connectivity index (χ1v) is 13.1. The molecule has 1 aromatic rings. The van der Waals surface area contributed by atoms with Crippen LogP contribution in [0.1, 0.15) is 95.6 Å². The summed E-state index contributed by atoms with van der Waals surface area (Å²) in [5.74, 6) is 4.84. The molecule has 0 aromatic heterocycles. The molecule has 0 heterocycles. The van der Waals surface area contributed by atoms with Crippen molar-refractivity contribution in [2.75, 3.05) is 13.2 Å². The predicted molar refractivity (Wildman–Crippen MR) is 125 cm³/mol. The molecule has 3 aliphatic carbocycles. The van der Waals surface area contributed by atoms with Crippen LogP contribution < -0.4 is 4.74 Å². The van der Waals surface area contributed by atoms with Gasteiger partial charge in [0.2, 0.25) is 0 Å². The Morgan fingerprint density at radius 2 is 1.60 bits per heavy atom. The Balaban J connectivity index is 1.24. The Hall–Kier alpha value is -1.02. The average Bonchev–Trinajstić information content (AvgIpc) is 2.78. The van der Waals surface area contributed by atoms with Crippen LogP contribution in [0.5, 0.6) is 5.75 Å². The Morgan fingerprint density at radius 3 is 2.43 bits per heavy atom. The molecule has 0 spiro atoms. The summed E-state index contributed by atoms with van der Waals surface area (Å²) in [5, 5.41) is 0. The van der Waals surface area contributed by atoms with Crippen molar-refractivity contribution in [3.63, 3.8) is 0 Å². The molecular weight excluding hydrogens is 368 g/mol. The van der Waals surface area contributed by atoms with Crippen molar-refractivity contribution in [2.45, 2.75) is 103 Å². The highest BCUT2D eigenvalue weighted by atomic mass is 16.5. The van der Waals surface area contributed by atoms with Gasteiger partial charge in [-0.25, -0.2) is 0 Å². The van der Waals surface area contributed by atoms with Gasteiger partial charge >= 0.3 is 0 Å². The maximum atomic E-state index is 6.28. The molecule has 0 radical (unpaired) electrons. The van der Waals surface area contributed by atoms with Gasteiger partial charge in [-0.3, -0.25) is 0 Å². The highest BCUT2D eigenvalue weighted by Gasteiger charge is 2.38. The molecule has 2 fully saturated rings. The van der Waals surface area contributed by atoms with Crippen LogP contribution in [0.4, 0.5) is 0 Å². The molecule has 1 aromatic carbocycles. The lowest BCUT2D eigenvalue weighted by Crippen LogP contribution is -2.37. The van der Waals surface area contributed by atoms with Crippen molar-refractivity contribution in [2.24, 2.45) is 23.7 Å². The molecule has 168 valence electrons. The average molecular weight is 413 g/mol. The van der Waals surface area contributed by atoms with Gasteiger partial charge in [-0.2, -0.15) is 0 Å². The first-order valence-electron chi connectivity index (χ1n) is 13.1. The number of benzene rings is 1. The molecule has 5 atom stereocenters. The summed E-state index contributed by atoms with van der Waals surface area (Å²) in [6.07, 6.45) is 18.3. The van der Waals surface area contributed by atoms with Crippen LogP contribution in [0.2, 0.25) is 0 Å². The third-order valence-electron chi connectivity index (χ3n) is 8.38. The van der Waals surface area contributed by atoms with E-state index in [1.54, 1.807) is 11.1 Å². The van der Waals surface area contributed by atoms with Crippen LogP contribution in [0.25, 0.3) is 0 Å². The summed E-state index contributed by atoms with van der Waals surface area (Å²) >= 11 is 0. The second kappa shape index (κ2) is 11.0. The molecular formula is C28H44O2. The number of aryl methyl sites for hydroxylation is 1. The molecule has 4 rings (SSSR count). The fraction of sp³-hybridized carbons (Fsp3) is 0.786. The number of hydrogen-bond acceptors (Lipinski definition) is 2. The smallest absolute Gasteiger partial charge is 0.119 e. The normalized spacial score (nSPS) is 31.1. The van der Waals surface area contributed by atoms with Crippen molar-refractivity contribution < 1.29 is 9.47 Å². The zero-order chi connectivity index (χ0) is 20.8. The lowest BCUT2D eigenvalue weighted by Gasteiger charge is -2.45. The van der Waals surface area contributed by atoms with Crippen LogP contribution in [-0.4, -0.2) is 19.3 Å². The van der Waals surface area contributed by atoms with Crippen molar-refractivity contribution >= 4 is 0 Å². The van der Waals surface area contributed by atoms with E-state index in [0.717, 1.165) is 42.6 Å². The van der Waals surface area contributed by atoms with E-state index >= 15 is 0 Å². The standard InChI is InChI=1S/C28H44O2/c1-3-5-6-7-16-30-28-15-13-24-18-22(9-11-26(24)20-28)21-8-10-25-19-27(29-4-2)14-12-23(25)17-21/h12,14,19,21-22,24,26,28H,3-11,13,15-18,20H2,1-2H3. The Labute approximate surface area is 185 Å². The molecule has 30 heavy (non-hydrogen) atoms. The van der Waals surface area contributed by atoms with Gasteiger partial charge < -0.3 is 9.47 Å². The van der Waals surface area contributed by atoms with Crippen LogP contribution in [0.15, 0.2) is 18.2 Å². The zero-order valence-corrected chi connectivity index (χ0v) is 19.5. The van der Waals surface area contributed by atoms with Gasteiger partial charge in [0.1, 0.15) is 5.75 Å². The van der Waals surface area contributed by atoms with Crippen molar-refractivity contribution in [3.05, 3.63) is 29.3 Å². The van der Waals surface area contributed by atoms with Crippen LogP contribution in [-0.2, 0) is 17.6 Å². The highest BCUT2D eigenvalue weighted by molar-refractivity contribution is 5.37. The second-order valence-corrected chi connectivity index (χ2v) is 10.3. The third kappa shape index (κ3) is 5.61. The minimum absolute atomic E-state index is 0.561. The molecule has 0 amide bonds. The number of fused-ring (bicyclic) bond motifs is 2. The maximum absolute atomic E-state index is 6.28. The lowest BCUT2D eigenvalue weighted by molar-refractivity contribution is -0.0250. The van der Waals surface area contributed by atoms with E-state index in [-0.39, 0.29) is 0 Å². The van der Waals surface area contributed by atoms with Crippen molar-refractivity contribution in [3.8, 4) is 5.75 Å². The monoisotopic (exact) mass is 412 g/mol. The van der Waals surface area contributed by atoms with E-state index in [4.69, 9.17) is 9.47 Å². The summed E-state index contributed by atoms with van der Waals surface area (Å²) in [7, 11) is 0. The summed E-state index contributed by atoms with van der Waals surface area (Å²) in [6, 6.07) is 6.84. The summed E-state index contributed by atoms with van der Waals surface area (Å²) in [4.78, 5) is 0. The molecule has 2 saturated carbocycles. The molecule has 5 unspecified atom stereocenters. The number of rotatable bonds is 9. The fourth-order valence-electron chi connectivity index (χ4n) is 6.66. The fourth-order valence-corrected chi connectivity index (χ4v) is 6.66. The highest BCUT2D eigenvalue weighted by Crippen LogP contribution is 2.47. The molecule has 0 N–H and O–H groups in total. The van der Waals surface area contributed by atoms with Gasteiger partial charge in [0.25, 0.3) is 0 Å². The van der Waals surface area contributed by atoms with E-state index in [1.165, 1.54) is 83.5 Å². The number of unbranched alkanes of at least 4 members (excludes halogenated alkanes) is 3. The molecule has 3 aliphatic rings. The van der Waals surface area contributed by atoms with Crippen LogP contribution in [0.3, 0.4) is 0 Å². The van der Waals surface area contributed by atoms with E-state index in [2.05, 4.69) is 32.0 Å². The maximum Gasteiger partial charge on any atom is 0.119 e.